The standard InChI is InChI=1S/C20H29N3O3/c1-19(13-17(22-26-19)16-7-5-4-6-8-16)18(24)21-14-20(15-23(2)3)9-11-25-12-10-20/h4-8H,9-15H2,1-3H3,(H,21,24). The van der Waals surface area contributed by atoms with Crippen LogP contribution < -0.4 is 5.32 Å². The highest BCUT2D eigenvalue weighted by Crippen LogP contribution is 2.32. The number of carbonyl (C=O) groups excluding carboxylic acids is 1. The Bertz CT molecular complexity index is 654. The molecule has 1 saturated heterocycles. The predicted octanol–water partition coefficient (Wildman–Crippen LogP) is 2.04. The molecule has 1 amide bonds. The minimum Gasteiger partial charge on any atom is -0.381 e. The molecular formula is C20H29N3O3. The highest BCUT2D eigenvalue weighted by Gasteiger charge is 2.43. The maximum Gasteiger partial charge on any atom is 0.267 e. The summed E-state index contributed by atoms with van der Waals surface area (Å²) in [6.07, 6.45) is 2.39. The van der Waals surface area contributed by atoms with Crippen LogP contribution in [0.4, 0.5) is 0 Å². The second-order valence-corrected chi connectivity index (χ2v) is 7.94. The van der Waals surface area contributed by atoms with Gasteiger partial charge in [0, 0.05) is 38.1 Å². The first-order valence-corrected chi connectivity index (χ1v) is 9.24. The number of hydrogen-bond acceptors (Lipinski definition) is 5. The summed E-state index contributed by atoms with van der Waals surface area (Å²) in [4.78, 5) is 20.6. The molecule has 3 rings (SSSR count). The maximum absolute atomic E-state index is 12.9. The molecule has 6 heteroatoms. The molecule has 1 atom stereocenters. The van der Waals surface area contributed by atoms with Crippen LogP contribution in [-0.4, -0.2) is 62.5 Å². The molecule has 2 aliphatic rings. The third-order valence-corrected chi connectivity index (χ3v) is 5.28. The Hall–Kier alpha value is -1.92. The first kappa shape index (κ1) is 18.9. The van der Waals surface area contributed by atoms with Crippen molar-refractivity contribution in [2.24, 2.45) is 10.6 Å². The van der Waals surface area contributed by atoms with Gasteiger partial charge in [0.05, 0.1) is 5.71 Å². The Morgan fingerprint density at radius 3 is 2.58 bits per heavy atom. The Morgan fingerprint density at radius 1 is 1.23 bits per heavy atom. The van der Waals surface area contributed by atoms with E-state index in [-0.39, 0.29) is 11.3 Å². The van der Waals surface area contributed by atoms with Gasteiger partial charge in [-0.2, -0.15) is 0 Å². The van der Waals surface area contributed by atoms with Crippen LogP contribution in [0.5, 0.6) is 0 Å². The fourth-order valence-corrected chi connectivity index (χ4v) is 3.77. The highest BCUT2D eigenvalue weighted by atomic mass is 16.7. The van der Waals surface area contributed by atoms with Crippen LogP contribution in [-0.2, 0) is 14.4 Å². The van der Waals surface area contributed by atoms with Crippen LogP contribution in [0.2, 0.25) is 0 Å². The second-order valence-electron chi connectivity index (χ2n) is 7.94. The lowest BCUT2D eigenvalue weighted by atomic mass is 9.79. The lowest BCUT2D eigenvalue weighted by Crippen LogP contribution is -2.52. The molecule has 2 aliphatic heterocycles. The first-order chi connectivity index (χ1) is 12.4. The lowest BCUT2D eigenvalue weighted by molar-refractivity contribution is -0.142. The number of nitrogens with one attached hydrogen (secondary N) is 1. The zero-order valence-corrected chi connectivity index (χ0v) is 16.0. The monoisotopic (exact) mass is 359 g/mol. The van der Waals surface area contributed by atoms with E-state index in [1.807, 2.05) is 37.3 Å². The summed E-state index contributed by atoms with van der Waals surface area (Å²) in [6, 6.07) is 9.86. The number of hydrogen-bond donors (Lipinski definition) is 1. The molecule has 0 radical (unpaired) electrons. The van der Waals surface area contributed by atoms with Gasteiger partial charge >= 0.3 is 0 Å². The zero-order valence-electron chi connectivity index (χ0n) is 16.0. The number of oxime groups is 1. The van der Waals surface area contributed by atoms with Crippen molar-refractivity contribution in [3.05, 3.63) is 35.9 Å². The Kier molecular flexibility index (Phi) is 5.63. The Morgan fingerprint density at radius 2 is 1.92 bits per heavy atom. The molecule has 1 N–H and O–H groups in total. The summed E-state index contributed by atoms with van der Waals surface area (Å²) in [5.41, 5.74) is 0.917. The van der Waals surface area contributed by atoms with E-state index in [4.69, 9.17) is 9.57 Å². The third-order valence-electron chi connectivity index (χ3n) is 5.28. The van der Waals surface area contributed by atoms with Gasteiger partial charge in [-0.3, -0.25) is 4.79 Å². The second kappa shape index (κ2) is 7.76. The number of amides is 1. The van der Waals surface area contributed by atoms with E-state index in [1.165, 1.54) is 0 Å². The van der Waals surface area contributed by atoms with Crippen molar-refractivity contribution in [3.8, 4) is 0 Å². The number of ether oxygens (including phenoxy) is 1. The molecule has 0 spiro atoms. The fraction of sp³-hybridized carbons (Fsp3) is 0.600. The van der Waals surface area contributed by atoms with Crippen molar-refractivity contribution < 1.29 is 14.4 Å². The molecule has 142 valence electrons. The van der Waals surface area contributed by atoms with E-state index in [1.54, 1.807) is 0 Å². The molecule has 1 aromatic carbocycles. The van der Waals surface area contributed by atoms with Gasteiger partial charge in [-0.05, 0) is 39.4 Å². The van der Waals surface area contributed by atoms with Gasteiger partial charge in [-0.25, -0.2) is 0 Å². The summed E-state index contributed by atoms with van der Waals surface area (Å²) in [5, 5.41) is 7.30. The van der Waals surface area contributed by atoms with E-state index in [9.17, 15) is 4.79 Å². The summed E-state index contributed by atoms with van der Waals surface area (Å²) in [5.74, 6) is -0.100. The zero-order chi connectivity index (χ0) is 18.6. The summed E-state index contributed by atoms with van der Waals surface area (Å²) in [6.45, 7) is 4.87. The molecule has 0 aromatic heterocycles. The van der Waals surface area contributed by atoms with Gasteiger partial charge in [0.25, 0.3) is 5.91 Å². The van der Waals surface area contributed by atoms with Crippen molar-refractivity contribution >= 4 is 11.6 Å². The Balaban J connectivity index is 1.61. The van der Waals surface area contributed by atoms with Crippen molar-refractivity contribution in [1.29, 1.82) is 0 Å². The average Bonchev–Trinajstić information content (AvgIpc) is 3.04. The van der Waals surface area contributed by atoms with Crippen LogP contribution in [0.25, 0.3) is 0 Å². The number of benzene rings is 1. The van der Waals surface area contributed by atoms with Crippen LogP contribution in [0.15, 0.2) is 35.5 Å². The molecule has 2 heterocycles. The molecule has 1 aromatic rings. The molecule has 0 bridgehead atoms. The predicted molar refractivity (Wildman–Crippen MR) is 101 cm³/mol. The van der Waals surface area contributed by atoms with Gasteiger partial charge < -0.3 is 19.8 Å². The van der Waals surface area contributed by atoms with Crippen LogP contribution in [0.3, 0.4) is 0 Å². The summed E-state index contributed by atoms with van der Waals surface area (Å²) >= 11 is 0. The molecule has 0 saturated carbocycles. The van der Waals surface area contributed by atoms with E-state index < -0.39 is 5.60 Å². The average molecular weight is 359 g/mol. The highest BCUT2D eigenvalue weighted by molar-refractivity contribution is 6.05. The molecule has 6 nitrogen and oxygen atoms in total. The van der Waals surface area contributed by atoms with E-state index in [0.29, 0.717) is 13.0 Å². The van der Waals surface area contributed by atoms with Crippen molar-refractivity contribution in [3.63, 3.8) is 0 Å². The van der Waals surface area contributed by atoms with Gasteiger partial charge in [0.1, 0.15) is 0 Å². The van der Waals surface area contributed by atoms with Crippen LogP contribution in [0, 0.1) is 5.41 Å². The largest absolute Gasteiger partial charge is 0.381 e. The number of nitrogens with zero attached hydrogens (tertiary/aromatic N) is 2. The van der Waals surface area contributed by atoms with Crippen molar-refractivity contribution in [2.75, 3.05) is 40.4 Å². The molecule has 1 fully saturated rings. The van der Waals surface area contributed by atoms with E-state index >= 15 is 0 Å². The van der Waals surface area contributed by atoms with Gasteiger partial charge in [0.2, 0.25) is 5.60 Å². The van der Waals surface area contributed by atoms with Gasteiger partial charge in [-0.15, -0.1) is 0 Å². The normalized spacial score (nSPS) is 24.8. The van der Waals surface area contributed by atoms with Gasteiger partial charge in [0.15, 0.2) is 0 Å². The smallest absolute Gasteiger partial charge is 0.267 e. The maximum atomic E-state index is 12.9. The molecular weight excluding hydrogens is 330 g/mol. The summed E-state index contributed by atoms with van der Waals surface area (Å²) in [7, 11) is 4.14. The Labute approximate surface area is 155 Å². The van der Waals surface area contributed by atoms with Crippen LogP contribution >= 0.6 is 0 Å². The molecule has 1 unspecified atom stereocenters. The quantitative estimate of drug-likeness (QED) is 0.844. The van der Waals surface area contributed by atoms with Crippen LogP contribution in [0.1, 0.15) is 31.7 Å². The fourth-order valence-electron chi connectivity index (χ4n) is 3.77. The van der Waals surface area contributed by atoms with Gasteiger partial charge in [-0.1, -0.05) is 35.5 Å². The topological polar surface area (TPSA) is 63.2 Å². The third kappa shape index (κ3) is 4.24. The SMILES string of the molecule is CN(C)CC1(CNC(=O)C2(C)CC(c3ccccc3)=NO2)CCOCC1. The first-order valence-electron chi connectivity index (χ1n) is 9.24. The summed E-state index contributed by atoms with van der Waals surface area (Å²) < 4.78 is 5.52. The molecule has 26 heavy (non-hydrogen) atoms. The minimum atomic E-state index is -0.949. The molecule has 0 aliphatic carbocycles. The lowest BCUT2D eigenvalue weighted by Gasteiger charge is -2.39. The van der Waals surface area contributed by atoms with E-state index in [0.717, 1.165) is 43.9 Å². The number of rotatable bonds is 6. The number of carbonyl (C=O) groups is 1. The van der Waals surface area contributed by atoms with E-state index in [2.05, 4.69) is 29.5 Å². The van der Waals surface area contributed by atoms with Crippen molar-refractivity contribution in [1.82, 2.24) is 10.2 Å². The minimum absolute atomic E-state index is 0.0511. The van der Waals surface area contributed by atoms with Crippen molar-refractivity contribution in [2.45, 2.75) is 31.8 Å².